The summed E-state index contributed by atoms with van der Waals surface area (Å²) in [5.74, 6) is 0.195. The van der Waals surface area contributed by atoms with E-state index in [-0.39, 0.29) is 11.9 Å². The number of piperazine rings is 1. The monoisotopic (exact) mass is 292 g/mol. The van der Waals surface area contributed by atoms with Gasteiger partial charge in [-0.3, -0.25) is 0 Å². The summed E-state index contributed by atoms with van der Waals surface area (Å²) < 4.78 is 36.0. The second-order valence-electron chi connectivity index (χ2n) is 5.00. The first-order chi connectivity index (χ1) is 9.12. The smallest absolute Gasteiger partial charge is 0.213 e. The van der Waals surface area contributed by atoms with Crippen molar-refractivity contribution >= 4 is 10.0 Å². The minimum absolute atomic E-state index is 0.195. The molecule has 0 radical (unpaired) electrons. The van der Waals surface area contributed by atoms with Crippen LogP contribution in [0, 0.1) is 0 Å². The van der Waals surface area contributed by atoms with Gasteiger partial charge in [0, 0.05) is 32.7 Å². The van der Waals surface area contributed by atoms with Crippen molar-refractivity contribution < 1.29 is 17.9 Å². The van der Waals surface area contributed by atoms with Gasteiger partial charge in [-0.15, -0.1) is 0 Å². The van der Waals surface area contributed by atoms with Gasteiger partial charge in [-0.05, 0) is 13.3 Å². The van der Waals surface area contributed by atoms with Crippen molar-refractivity contribution in [3.8, 4) is 0 Å². The summed E-state index contributed by atoms with van der Waals surface area (Å²) in [6, 6.07) is 0. The molecule has 0 bridgehead atoms. The molecule has 2 saturated heterocycles. The van der Waals surface area contributed by atoms with Gasteiger partial charge in [-0.1, -0.05) is 0 Å². The van der Waals surface area contributed by atoms with E-state index in [0.717, 1.165) is 26.1 Å². The highest BCUT2D eigenvalue weighted by Gasteiger charge is 2.25. The number of hydrogen-bond acceptors (Lipinski definition) is 5. The van der Waals surface area contributed by atoms with Crippen LogP contribution in [0.15, 0.2) is 0 Å². The molecular weight excluding hydrogens is 268 g/mol. The Kier molecular flexibility index (Phi) is 5.58. The summed E-state index contributed by atoms with van der Waals surface area (Å²) in [4.78, 5) is 2.31. The van der Waals surface area contributed by atoms with Crippen LogP contribution < -0.4 is 0 Å². The fourth-order valence-electron chi connectivity index (χ4n) is 2.44. The Bertz CT molecular complexity index is 360. The summed E-state index contributed by atoms with van der Waals surface area (Å²) in [6.07, 6.45) is 1.16. The molecule has 0 spiro atoms. The van der Waals surface area contributed by atoms with Crippen LogP contribution in [0.1, 0.15) is 13.3 Å². The minimum Gasteiger partial charge on any atom is -0.376 e. The molecule has 0 aromatic heterocycles. The standard InChI is InChI=1S/C12H24N2O4S/c1-2-19(15,16)14-7-5-13(6-8-14)4-3-12-11-17-9-10-18-12/h12H,2-11H2,1H3. The Hall–Kier alpha value is -0.210. The fourth-order valence-corrected chi connectivity index (χ4v) is 3.53. The second kappa shape index (κ2) is 6.99. The Morgan fingerprint density at radius 1 is 1.16 bits per heavy atom. The lowest BCUT2D eigenvalue weighted by molar-refractivity contribution is -0.0930. The lowest BCUT2D eigenvalue weighted by atomic mass is 10.2. The lowest BCUT2D eigenvalue weighted by Gasteiger charge is -2.34. The van der Waals surface area contributed by atoms with Crippen molar-refractivity contribution in [3.05, 3.63) is 0 Å². The molecule has 0 saturated carbocycles. The molecule has 19 heavy (non-hydrogen) atoms. The molecule has 0 aliphatic carbocycles. The summed E-state index contributed by atoms with van der Waals surface area (Å²) in [7, 11) is -3.02. The molecule has 0 aromatic rings. The molecule has 0 amide bonds. The molecule has 7 heteroatoms. The summed E-state index contributed by atoms with van der Waals surface area (Å²) in [5.41, 5.74) is 0. The molecule has 2 rings (SSSR count). The van der Waals surface area contributed by atoms with Crippen molar-refractivity contribution in [2.75, 3.05) is 58.3 Å². The van der Waals surface area contributed by atoms with Crippen LogP contribution in [0.3, 0.4) is 0 Å². The fraction of sp³-hybridized carbons (Fsp3) is 1.00. The zero-order chi connectivity index (χ0) is 13.7. The van der Waals surface area contributed by atoms with Gasteiger partial charge in [-0.25, -0.2) is 8.42 Å². The Labute approximate surface area is 115 Å². The van der Waals surface area contributed by atoms with Gasteiger partial charge >= 0.3 is 0 Å². The van der Waals surface area contributed by atoms with Gasteiger partial charge in [0.2, 0.25) is 10.0 Å². The van der Waals surface area contributed by atoms with E-state index in [1.54, 1.807) is 11.2 Å². The van der Waals surface area contributed by atoms with Gasteiger partial charge in [0.15, 0.2) is 0 Å². The molecule has 1 atom stereocenters. The largest absolute Gasteiger partial charge is 0.376 e. The van der Waals surface area contributed by atoms with Crippen LogP contribution in [-0.4, -0.2) is 82.0 Å². The predicted molar refractivity (Wildman–Crippen MR) is 72.6 cm³/mol. The summed E-state index contributed by atoms with van der Waals surface area (Å²) in [5, 5.41) is 0. The normalized spacial score (nSPS) is 27.5. The van der Waals surface area contributed by atoms with E-state index in [1.165, 1.54) is 0 Å². The Balaban J connectivity index is 1.68. The van der Waals surface area contributed by atoms with Crippen molar-refractivity contribution in [2.45, 2.75) is 19.4 Å². The average Bonchev–Trinajstić information content (AvgIpc) is 2.47. The van der Waals surface area contributed by atoms with Gasteiger partial charge in [0.25, 0.3) is 0 Å². The Morgan fingerprint density at radius 3 is 2.47 bits per heavy atom. The third-order valence-electron chi connectivity index (χ3n) is 3.74. The first kappa shape index (κ1) is 15.2. The molecule has 1 unspecified atom stereocenters. The average molecular weight is 292 g/mol. The van der Waals surface area contributed by atoms with E-state index in [4.69, 9.17) is 9.47 Å². The lowest BCUT2D eigenvalue weighted by Crippen LogP contribution is -2.49. The van der Waals surface area contributed by atoms with E-state index < -0.39 is 10.0 Å². The molecule has 2 fully saturated rings. The van der Waals surface area contributed by atoms with Crippen LogP contribution >= 0.6 is 0 Å². The maximum absolute atomic E-state index is 11.7. The van der Waals surface area contributed by atoms with E-state index >= 15 is 0 Å². The van der Waals surface area contributed by atoms with Crippen LogP contribution in [0.25, 0.3) is 0 Å². The number of hydrogen-bond donors (Lipinski definition) is 0. The van der Waals surface area contributed by atoms with Crippen LogP contribution in [-0.2, 0) is 19.5 Å². The molecule has 2 aliphatic heterocycles. The van der Waals surface area contributed by atoms with Crippen LogP contribution in [0.5, 0.6) is 0 Å². The topological polar surface area (TPSA) is 59.1 Å². The van der Waals surface area contributed by atoms with Gasteiger partial charge in [0.1, 0.15) is 0 Å². The summed E-state index contributed by atoms with van der Waals surface area (Å²) in [6.45, 7) is 7.56. The van der Waals surface area contributed by atoms with Crippen LogP contribution in [0.4, 0.5) is 0 Å². The van der Waals surface area contributed by atoms with Crippen molar-refractivity contribution in [2.24, 2.45) is 0 Å². The number of rotatable bonds is 5. The van der Waals surface area contributed by atoms with Crippen molar-refractivity contribution in [1.29, 1.82) is 0 Å². The highest BCUT2D eigenvalue weighted by atomic mass is 32.2. The Morgan fingerprint density at radius 2 is 1.89 bits per heavy atom. The van der Waals surface area contributed by atoms with Gasteiger partial charge in [-0.2, -0.15) is 4.31 Å². The number of ether oxygens (including phenoxy) is 2. The zero-order valence-electron chi connectivity index (χ0n) is 11.6. The summed E-state index contributed by atoms with van der Waals surface area (Å²) >= 11 is 0. The first-order valence-electron chi connectivity index (χ1n) is 7.01. The predicted octanol–water partition coefficient (Wildman–Crippen LogP) is -0.241. The van der Waals surface area contributed by atoms with E-state index in [2.05, 4.69) is 4.90 Å². The van der Waals surface area contributed by atoms with Gasteiger partial charge in [0.05, 0.1) is 31.7 Å². The van der Waals surface area contributed by atoms with E-state index in [9.17, 15) is 8.42 Å². The first-order valence-corrected chi connectivity index (χ1v) is 8.62. The number of nitrogens with zero attached hydrogens (tertiary/aromatic N) is 2. The highest BCUT2D eigenvalue weighted by Crippen LogP contribution is 2.11. The van der Waals surface area contributed by atoms with E-state index in [0.29, 0.717) is 32.9 Å². The molecular formula is C12H24N2O4S. The third kappa shape index (κ3) is 4.39. The molecule has 0 aromatic carbocycles. The van der Waals surface area contributed by atoms with E-state index in [1.807, 2.05) is 0 Å². The molecule has 112 valence electrons. The molecule has 0 N–H and O–H groups in total. The molecule has 2 heterocycles. The van der Waals surface area contributed by atoms with Gasteiger partial charge < -0.3 is 14.4 Å². The maximum atomic E-state index is 11.7. The highest BCUT2D eigenvalue weighted by molar-refractivity contribution is 7.89. The quantitative estimate of drug-likeness (QED) is 0.700. The zero-order valence-corrected chi connectivity index (χ0v) is 12.4. The van der Waals surface area contributed by atoms with Crippen molar-refractivity contribution in [3.63, 3.8) is 0 Å². The minimum atomic E-state index is -3.02. The second-order valence-corrected chi connectivity index (χ2v) is 7.26. The van der Waals surface area contributed by atoms with Crippen molar-refractivity contribution in [1.82, 2.24) is 9.21 Å². The maximum Gasteiger partial charge on any atom is 0.213 e. The molecule has 6 nitrogen and oxygen atoms in total. The number of sulfonamides is 1. The van der Waals surface area contributed by atoms with Crippen LogP contribution in [0.2, 0.25) is 0 Å². The third-order valence-corrected chi connectivity index (χ3v) is 5.62. The SMILES string of the molecule is CCS(=O)(=O)N1CCN(CCC2COCCO2)CC1. The molecule has 2 aliphatic rings.